The highest BCUT2D eigenvalue weighted by Gasteiger charge is 2.34. The Kier molecular flexibility index (Phi) is 12.0. The van der Waals surface area contributed by atoms with E-state index >= 15 is 0 Å². The summed E-state index contributed by atoms with van der Waals surface area (Å²) in [5.74, 6) is -1.02. The van der Waals surface area contributed by atoms with Crippen molar-refractivity contribution in [3.05, 3.63) is 91.9 Å². The number of nitrogens with one attached hydrogen (secondary N) is 1. The van der Waals surface area contributed by atoms with Crippen LogP contribution in [0.15, 0.2) is 65.6 Å². The van der Waals surface area contributed by atoms with Crippen LogP contribution in [0.5, 0.6) is 0 Å². The molecule has 7 nitrogen and oxygen atoms in total. The van der Waals surface area contributed by atoms with E-state index in [0.29, 0.717) is 22.0 Å². The second kappa shape index (κ2) is 14.8. The van der Waals surface area contributed by atoms with Crippen LogP contribution in [-0.4, -0.2) is 43.8 Å². The van der Waals surface area contributed by atoms with Crippen LogP contribution in [0.4, 0.5) is 5.69 Å². The molecule has 0 spiro atoms. The Morgan fingerprint density at radius 3 is 1.98 bits per heavy atom. The second-order valence-corrected chi connectivity index (χ2v) is 13.5. The molecule has 1 N–H and O–H groups in total. The quantitative estimate of drug-likeness (QED) is 0.216. The zero-order valence-electron chi connectivity index (χ0n) is 23.7. The average Bonchev–Trinajstić information content (AvgIpc) is 2.92. The van der Waals surface area contributed by atoms with E-state index in [1.54, 1.807) is 37.3 Å². The number of amides is 2. The van der Waals surface area contributed by atoms with E-state index in [2.05, 4.69) is 5.32 Å². The predicted molar refractivity (Wildman–Crippen MR) is 171 cm³/mol. The third-order valence-corrected chi connectivity index (χ3v) is 9.73. The maximum absolute atomic E-state index is 14.2. The molecule has 3 aromatic carbocycles. The highest BCUT2D eigenvalue weighted by molar-refractivity contribution is 7.92. The van der Waals surface area contributed by atoms with Crippen LogP contribution in [0.3, 0.4) is 0 Å². The molecule has 0 saturated heterocycles. The fourth-order valence-electron chi connectivity index (χ4n) is 4.26. The third kappa shape index (κ3) is 8.32. The molecule has 226 valence electrons. The summed E-state index contributed by atoms with van der Waals surface area (Å²) in [6, 6.07) is 14.4. The molecule has 0 aliphatic carbocycles. The lowest BCUT2D eigenvalue weighted by Gasteiger charge is -2.34. The minimum absolute atomic E-state index is 0.0285. The van der Waals surface area contributed by atoms with E-state index in [4.69, 9.17) is 46.4 Å². The van der Waals surface area contributed by atoms with Gasteiger partial charge < -0.3 is 10.2 Å². The Labute approximate surface area is 267 Å². The van der Waals surface area contributed by atoms with Crippen molar-refractivity contribution in [3.63, 3.8) is 0 Å². The first kappa shape index (κ1) is 34.0. The number of anilines is 1. The lowest BCUT2D eigenvalue weighted by molar-refractivity contribution is -0.140. The summed E-state index contributed by atoms with van der Waals surface area (Å²) in [6.07, 6.45) is 0.939. The van der Waals surface area contributed by atoms with Gasteiger partial charge in [-0.05, 0) is 69.2 Å². The summed E-state index contributed by atoms with van der Waals surface area (Å²) in [5.41, 5.74) is 1.39. The Balaban J connectivity index is 2.13. The molecule has 0 unspecified atom stereocenters. The fraction of sp³-hybridized carbons (Fsp3) is 0.333. The number of hydrogen-bond acceptors (Lipinski definition) is 4. The molecule has 0 aliphatic heterocycles. The molecule has 0 saturated carbocycles. The number of aryl methyl sites for hydroxylation is 1. The number of rotatable bonds is 12. The van der Waals surface area contributed by atoms with Gasteiger partial charge in [0.2, 0.25) is 11.8 Å². The van der Waals surface area contributed by atoms with Gasteiger partial charge in [-0.25, -0.2) is 8.42 Å². The van der Waals surface area contributed by atoms with Gasteiger partial charge in [-0.3, -0.25) is 13.9 Å². The van der Waals surface area contributed by atoms with Crippen LogP contribution in [0.1, 0.15) is 44.7 Å². The van der Waals surface area contributed by atoms with Crippen LogP contribution in [0.2, 0.25) is 20.1 Å². The Hall–Kier alpha value is -2.49. The summed E-state index contributed by atoms with van der Waals surface area (Å²) in [4.78, 5) is 28.9. The fourth-order valence-corrected chi connectivity index (χ4v) is 6.69. The Bertz CT molecular complexity index is 1490. The van der Waals surface area contributed by atoms with Crippen molar-refractivity contribution in [2.24, 2.45) is 0 Å². The lowest BCUT2D eigenvalue weighted by atomic mass is 10.1. The van der Waals surface area contributed by atoms with Gasteiger partial charge in [-0.15, -0.1) is 0 Å². The summed E-state index contributed by atoms with van der Waals surface area (Å²) in [6.45, 7) is 6.62. The van der Waals surface area contributed by atoms with Gasteiger partial charge in [0, 0.05) is 38.2 Å². The van der Waals surface area contributed by atoms with Crippen LogP contribution >= 0.6 is 46.4 Å². The van der Waals surface area contributed by atoms with Crippen molar-refractivity contribution >= 4 is 73.9 Å². The van der Waals surface area contributed by atoms with Crippen molar-refractivity contribution < 1.29 is 18.0 Å². The number of halogens is 4. The molecular weight excluding hydrogens is 640 g/mol. The lowest BCUT2D eigenvalue weighted by Crippen LogP contribution is -2.53. The molecule has 2 amide bonds. The van der Waals surface area contributed by atoms with Crippen molar-refractivity contribution in [3.8, 4) is 0 Å². The summed E-state index contributed by atoms with van der Waals surface area (Å²) >= 11 is 25.4. The number of carbonyl (C=O) groups is 2. The molecule has 2 atom stereocenters. The first-order valence-corrected chi connectivity index (χ1v) is 16.3. The topological polar surface area (TPSA) is 86.8 Å². The highest BCUT2D eigenvalue weighted by Crippen LogP contribution is 2.31. The van der Waals surface area contributed by atoms with Gasteiger partial charge in [0.15, 0.2) is 0 Å². The maximum Gasteiger partial charge on any atom is 0.264 e. The number of hydrogen-bond donors (Lipinski definition) is 1. The van der Waals surface area contributed by atoms with Gasteiger partial charge in [-0.1, -0.05) is 84.0 Å². The molecular formula is C30H33Cl4N3O4S. The monoisotopic (exact) mass is 671 g/mol. The van der Waals surface area contributed by atoms with Crippen molar-refractivity contribution in [1.29, 1.82) is 0 Å². The minimum atomic E-state index is -4.28. The van der Waals surface area contributed by atoms with E-state index in [0.717, 1.165) is 9.87 Å². The number of sulfonamides is 1. The smallest absolute Gasteiger partial charge is 0.264 e. The minimum Gasteiger partial charge on any atom is -0.352 e. The third-order valence-electron chi connectivity index (χ3n) is 6.80. The van der Waals surface area contributed by atoms with Crippen molar-refractivity contribution in [1.82, 2.24) is 10.2 Å². The van der Waals surface area contributed by atoms with Gasteiger partial charge >= 0.3 is 0 Å². The van der Waals surface area contributed by atoms with E-state index in [-0.39, 0.29) is 45.5 Å². The van der Waals surface area contributed by atoms with Crippen LogP contribution < -0.4 is 9.62 Å². The molecule has 0 radical (unpaired) electrons. The molecule has 12 heteroatoms. The van der Waals surface area contributed by atoms with Crippen LogP contribution in [-0.2, 0) is 26.2 Å². The molecule has 0 aliphatic rings. The predicted octanol–water partition coefficient (Wildman–Crippen LogP) is 7.53. The number of benzene rings is 3. The highest BCUT2D eigenvalue weighted by atomic mass is 35.5. The standard InChI is InChI=1S/C30H33Cl4N3O4S/c1-5-20(4)35-30(39)28(6-2)36(17-25-26(33)8-7-9-27(25)34)29(38)18-37(23-15-21(31)14-22(32)16-23)42(40,41)24-12-10-19(3)11-13-24/h7-16,20,28H,5-6,17-18H2,1-4H3,(H,35,39)/t20-,28-/m1/s1. The largest absolute Gasteiger partial charge is 0.352 e. The van der Waals surface area contributed by atoms with Crippen molar-refractivity contribution in [2.75, 3.05) is 10.8 Å². The van der Waals surface area contributed by atoms with Gasteiger partial charge in [0.1, 0.15) is 12.6 Å². The van der Waals surface area contributed by atoms with Crippen LogP contribution in [0.25, 0.3) is 0 Å². The molecule has 0 aromatic heterocycles. The molecule has 3 aromatic rings. The molecule has 42 heavy (non-hydrogen) atoms. The summed E-state index contributed by atoms with van der Waals surface area (Å²) < 4.78 is 28.9. The van der Waals surface area contributed by atoms with Crippen molar-refractivity contribution in [2.45, 2.75) is 64.1 Å². The van der Waals surface area contributed by atoms with E-state index in [9.17, 15) is 18.0 Å². The molecule has 3 rings (SSSR count). The SMILES string of the molecule is CC[C@@H](C)NC(=O)[C@@H](CC)N(Cc1c(Cl)cccc1Cl)C(=O)CN(c1cc(Cl)cc(Cl)c1)S(=O)(=O)c1ccc(C)cc1. The van der Waals surface area contributed by atoms with Gasteiger partial charge in [0.25, 0.3) is 10.0 Å². The summed E-state index contributed by atoms with van der Waals surface area (Å²) in [5, 5.41) is 3.92. The second-order valence-electron chi connectivity index (χ2n) is 9.92. The molecule has 0 bridgehead atoms. The van der Waals surface area contributed by atoms with E-state index < -0.39 is 28.5 Å². The first-order chi connectivity index (χ1) is 19.8. The van der Waals surface area contributed by atoms with E-state index in [1.807, 2.05) is 20.8 Å². The maximum atomic E-state index is 14.2. The Morgan fingerprint density at radius 2 is 1.45 bits per heavy atom. The number of nitrogens with zero attached hydrogens (tertiary/aromatic N) is 2. The zero-order chi connectivity index (χ0) is 31.2. The first-order valence-electron chi connectivity index (χ1n) is 13.4. The number of carbonyl (C=O) groups excluding carboxylic acids is 2. The normalized spacial score (nSPS) is 12.9. The molecule has 0 fully saturated rings. The zero-order valence-corrected chi connectivity index (χ0v) is 27.5. The Morgan fingerprint density at radius 1 is 0.881 bits per heavy atom. The van der Waals surface area contributed by atoms with Crippen LogP contribution in [0, 0.1) is 6.92 Å². The van der Waals surface area contributed by atoms with E-state index in [1.165, 1.54) is 35.2 Å². The molecule has 0 heterocycles. The van der Waals surface area contributed by atoms with Gasteiger partial charge in [0.05, 0.1) is 10.6 Å². The van der Waals surface area contributed by atoms with Gasteiger partial charge in [-0.2, -0.15) is 0 Å². The average molecular weight is 673 g/mol. The summed E-state index contributed by atoms with van der Waals surface area (Å²) in [7, 11) is -4.28.